The van der Waals surface area contributed by atoms with Crippen molar-refractivity contribution >= 4 is 29.2 Å². The van der Waals surface area contributed by atoms with Gasteiger partial charge in [-0.15, -0.1) is 0 Å². The van der Waals surface area contributed by atoms with Crippen LogP contribution in [0.15, 0.2) is 58.3 Å². The first kappa shape index (κ1) is 18.9. The molecule has 1 heterocycles. The molecule has 0 fully saturated rings. The maximum absolute atomic E-state index is 12.4. The van der Waals surface area contributed by atoms with Gasteiger partial charge in [-0.2, -0.15) is 9.78 Å². The summed E-state index contributed by atoms with van der Waals surface area (Å²) in [6.07, 6.45) is 0.980. The molecule has 3 aromatic rings. The number of nitrogens with zero attached hydrogens (tertiary/aromatic N) is 2. The number of ether oxygens (including phenoxy) is 1. The minimum atomic E-state index is -0.769. The Hall–Kier alpha value is -2.90. The molecule has 0 radical (unpaired) electrons. The molecule has 2 aromatic carbocycles. The lowest BCUT2D eigenvalue weighted by Gasteiger charge is -2.18. The molecule has 0 amide bonds. The number of aromatic amines is 1. The van der Waals surface area contributed by atoms with Crippen LogP contribution in [0, 0.1) is 0 Å². The van der Waals surface area contributed by atoms with E-state index in [4.69, 9.17) is 27.9 Å². The highest BCUT2D eigenvalue weighted by Crippen LogP contribution is 2.33. The summed E-state index contributed by atoms with van der Waals surface area (Å²) < 4.78 is 5.91. The molecular weight excluding hydrogens is 393 g/mol. The van der Waals surface area contributed by atoms with Gasteiger partial charge >= 0.3 is 11.7 Å². The van der Waals surface area contributed by atoms with Crippen molar-refractivity contribution in [2.45, 2.75) is 5.92 Å². The number of benzene rings is 2. The molecule has 1 N–H and O–H groups in total. The predicted molar refractivity (Wildman–Crippen MR) is 101 cm³/mol. The largest absolute Gasteiger partial charge is 0.468 e. The molecule has 138 valence electrons. The Morgan fingerprint density at radius 2 is 1.85 bits per heavy atom. The van der Waals surface area contributed by atoms with E-state index in [0.717, 1.165) is 10.9 Å². The van der Waals surface area contributed by atoms with Crippen LogP contribution in [0.25, 0.3) is 5.69 Å². The Balaban J connectivity index is 2.09. The monoisotopic (exact) mass is 405 g/mol. The van der Waals surface area contributed by atoms with E-state index in [9.17, 15) is 14.4 Å². The standard InChI is InChI=1S/C18H13Cl2N3O4/c1-27-17(25)16(10-2-4-11(19)5-3-10)13-7-6-12(8-14(13)20)23-18(26)22-15(24)9-21-23/h2-9,16H,1H3,(H,22,24,26). The molecule has 9 heteroatoms. The van der Waals surface area contributed by atoms with Gasteiger partial charge in [-0.1, -0.05) is 41.4 Å². The fourth-order valence-corrected chi connectivity index (χ4v) is 3.04. The number of hydrogen-bond acceptors (Lipinski definition) is 5. The van der Waals surface area contributed by atoms with Gasteiger partial charge in [-0.25, -0.2) is 4.79 Å². The third kappa shape index (κ3) is 3.94. The maximum Gasteiger partial charge on any atom is 0.349 e. The van der Waals surface area contributed by atoms with E-state index in [1.807, 2.05) is 0 Å². The summed E-state index contributed by atoms with van der Waals surface area (Å²) >= 11 is 12.3. The number of aromatic nitrogens is 3. The van der Waals surface area contributed by atoms with E-state index in [0.29, 0.717) is 21.8 Å². The molecular formula is C18H13Cl2N3O4. The highest BCUT2D eigenvalue weighted by Gasteiger charge is 2.26. The van der Waals surface area contributed by atoms with Gasteiger partial charge in [-0.3, -0.25) is 14.6 Å². The predicted octanol–water partition coefficient (Wildman–Crippen LogP) is 2.53. The van der Waals surface area contributed by atoms with E-state index in [-0.39, 0.29) is 5.02 Å². The molecule has 27 heavy (non-hydrogen) atoms. The number of methoxy groups -OCH3 is 1. The summed E-state index contributed by atoms with van der Waals surface area (Å²) in [4.78, 5) is 37.5. The van der Waals surface area contributed by atoms with Crippen molar-refractivity contribution in [2.75, 3.05) is 7.11 Å². The van der Waals surface area contributed by atoms with Gasteiger partial charge in [0.1, 0.15) is 12.1 Å². The highest BCUT2D eigenvalue weighted by molar-refractivity contribution is 6.32. The second-order valence-corrected chi connectivity index (χ2v) is 6.41. The molecule has 0 bridgehead atoms. The average Bonchev–Trinajstić information content (AvgIpc) is 2.64. The van der Waals surface area contributed by atoms with Crippen LogP contribution in [0.5, 0.6) is 0 Å². The van der Waals surface area contributed by atoms with Gasteiger partial charge in [0.05, 0.1) is 12.8 Å². The summed E-state index contributed by atoms with van der Waals surface area (Å²) in [5, 5.41) is 4.55. The fourth-order valence-electron chi connectivity index (χ4n) is 2.63. The van der Waals surface area contributed by atoms with Gasteiger partial charge < -0.3 is 4.74 Å². The lowest BCUT2D eigenvalue weighted by Crippen LogP contribution is -2.30. The summed E-state index contributed by atoms with van der Waals surface area (Å²) in [5.41, 5.74) is 0.179. The zero-order chi connectivity index (χ0) is 19.6. The number of esters is 1. The highest BCUT2D eigenvalue weighted by atomic mass is 35.5. The molecule has 7 nitrogen and oxygen atoms in total. The van der Waals surface area contributed by atoms with Crippen molar-refractivity contribution in [3.63, 3.8) is 0 Å². The van der Waals surface area contributed by atoms with Crippen molar-refractivity contribution in [1.82, 2.24) is 14.8 Å². The van der Waals surface area contributed by atoms with Crippen molar-refractivity contribution in [3.8, 4) is 5.69 Å². The van der Waals surface area contributed by atoms with Crippen molar-refractivity contribution < 1.29 is 9.53 Å². The van der Waals surface area contributed by atoms with Crippen molar-refractivity contribution in [1.29, 1.82) is 0 Å². The topological polar surface area (TPSA) is 94.1 Å². The lowest BCUT2D eigenvalue weighted by atomic mass is 9.91. The molecule has 1 atom stereocenters. The molecule has 0 aliphatic heterocycles. The number of H-pyrrole nitrogens is 1. The van der Waals surface area contributed by atoms with E-state index < -0.39 is 23.1 Å². The van der Waals surface area contributed by atoms with Crippen LogP contribution in [0.4, 0.5) is 0 Å². The molecule has 0 saturated heterocycles. The quantitative estimate of drug-likeness (QED) is 0.672. The number of nitrogens with one attached hydrogen (secondary N) is 1. The molecule has 0 saturated carbocycles. The molecule has 0 aliphatic rings. The first-order valence-corrected chi connectivity index (χ1v) is 8.48. The summed E-state index contributed by atoms with van der Waals surface area (Å²) in [6.45, 7) is 0. The number of carbonyl (C=O) groups is 1. The molecule has 0 spiro atoms. The number of hydrogen-bond donors (Lipinski definition) is 1. The summed E-state index contributed by atoms with van der Waals surface area (Å²) in [5.74, 6) is -1.26. The van der Waals surface area contributed by atoms with Crippen LogP contribution < -0.4 is 11.2 Å². The molecule has 3 rings (SSSR count). The second-order valence-electron chi connectivity index (χ2n) is 5.56. The normalized spacial score (nSPS) is 11.8. The third-order valence-electron chi connectivity index (χ3n) is 3.89. The van der Waals surface area contributed by atoms with Gasteiger partial charge in [0, 0.05) is 10.0 Å². The number of rotatable bonds is 4. The minimum Gasteiger partial charge on any atom is -0.468 e. The van der Waals surface area contributed by atoms with E-state index in [1.165, 1.54) is 13.2 Å². The number of halogens is 2. The molecule has 1 aromatic heterocycles. The minimum absolute atomic E-state index is 0.234. The van der Waals surface area contributed by atoms with Gasteiger partial charge in [0.25, 0.3) is 5.56 Å². The fraction of sp³-hybridized carbons (Fsp3) is 0.111. The second kappa shape index (κ2) is 7.77. The van der Waals surface area contributed by atoms with Crippen LogP contribution >= 0.6 is 23.2 Å². The summed E-state index contributed by atoms with van der Waals surface area (Å²) in [7, 11) is 1.29. The molecule has 0 aliphatic carbocycles. The summed E-state index contributed by atoms with van der Waals surface area (Å²) in [6, 6.07) is 11.4. The zero-order valence-electron chi connectivity index (χ0n) is 14.0. The first-order valence-electron chi connectivity index (χ1n) is 7.72. The lowest BCUT2D eigenvalue weighted by molar-refractivity contribution is -0.141. The Morgan fingerprint density at radius 1 is 1.15 bits per heavy atom. The van der Waals surface area contributed by atoms with Gasteiger partial charge in [0.2, 0.25) is 0 Å². The van der Waals surface area contributed by atoms with Crippen LogP contribution in [0.1, 0.15) is 17.0 Å². The van der Waals surface area contributed by atoms with E-state index in [1.54, 1.807) is 36.4 Å². The molecule has 1 unspecified atom stereocenters. The van der Waals surface area contributed by atoms with Crippen molar-refractivity contribution in [3.05, 3.63) is 90.7 Å². The SMILES string of the molecule is COC(=O)C(c1ccc(Cl)cc1)c1ccc(-n2ncc(=O)[nH]c2=O)cc1Cl. The van der Waals surface area contributed by atoms with Crippen LogP contribution in [0.2, 0.25) is 10.0 Å². The van der Waals surface area contributed by atoms with Gasteiger partial charge in [0.15, 0.2) is 0 Å². The number of carbonyl (C=O) groups excluding carboxylic acids is 1. The first-order chi connectivity index (χ1) is 12.9. The zero-order valence-corrected chi connectivity index (χ0v) is 15.5. The smallest absolute Gasteiger partial charge is 0.349 e. The van der Waals surface area contributed by atoms with Crippen LogP contribution in [0.3, 0.4) is 0 Å². The van der Waals surface area contributed by atoms with Gasteiger partial charge in [-0.05, 0) is 35.4 Å². The van der Waals surface area contributed by atoms with Crippen LogP contribution in [-0.2, 0) is 9.53 Å². The Bertz CT molecular complexity index is 1110. The maximum atomic E-state index is 12.4. The Labute approximate surface area is 163 Å². The Kier molecular flexibility index (Phi) is 5.43. The third-order valence-corrected chi connectivity index (χ3v) is 4.47. The Morgan fingerprint density at radius 3 is 2.44 bits per heavy atom. The van der Waals surface area contributed by atoms with E-state index in [2.05, 4.69) is 10.1 Å². The van der Waals surface area contributed by atoms with Crippen molar-refractivity contribution in [2.24, 2.45) is 0 Å². The van der Waals surface area contributed by atoms with E-state index >= 15 is 0 Å². The average molecular weight is 406 g/mol. The van der Waals surface area contributed by atoms with Crippen LogP contribution in [-0.4, -0.2) is 27.8 Å².